The number of anilines is 1. The maximum atomic E-state index is 12.9. The van der Waals surface area contributed by atoms with E-state index in [1.54, 1.807) is 14.9 Å². The molecule has 1 fully saturated rings. The van der Waals surface area contributed by atoms with Crippen LogP contribution in [0.1, 0.15) is 17.7 Å². The Balaban J connectivity index is 1.36. The van der Waals surface area contributed by atoms with Gasteiger partial charge in [0.2, 0.25) is 5.91 Å². The van der Waals surface area contributed by atoms with E-state index in [0.29, 0.717) is 32.4 Å². The summed E-state index contributed by atoms with van der Waals surface area (Å²) in [5.41, 5.74) is -4.01. The molecule has 0 saturated carbocycles. The van der Waals surface area contributed by atoms with Crippen LogP contribution in [0.4, 0.5) is 32.2 Å². The zero-order valence-electron chi connectivity index (χ0n) is 18.0. The number of alkyl halides is 6. The second kappa shape index (κ2) is 10.9. The summed E-state index contributed by atoms with van der Waals surface area (Å²) >= 11 is 0. The number of hydrogen-bond acceptors (Lipinski definition) is 8. The minimum Gasteiger partial charge on any atom is -0.489 e. The van der Waals surface area contributed by atoms with Crippen LogP contribution in [0.5, 0.6) is 5.75 Å². The fourth-order valence-electron chi connectivity index (χ4n) is 3.21. The van der Waals surface area contributed by atoms with Gasteiger partial charge in [0.1, 0.15) is 12.4 Å². The minimum atomic E-state index is -4.91. The van der Waals surface area contributed by atoms with E-state index in [4.69, 9.17) is 9.47 Å². The van der Waals surface area contributed by atoms with Crippen molar-refractivity contribution in [1.29, 1.82) is 0 Å². The SMILES string of the molecule is O=C(CCOCCOc1cn[nH]c(=O)c1C(F)(F)F)N1CCN(c2cnc(C(F)(F)F)cn2)CC1. The third-order valence-corrected chi connectivity index (χ3v) is 4.94. The van der Waals surface area contributed by atoms with Gasteiger partial charge in [-0.3, -0.25) is 9.59 Å². The van der Waals surface area contributed by atoms with Gasteiger partial charge in [0.25, 0.3) is 5.56 Å². The van der Waals surface area contributed by atoms with Crippen molar-refractivity contribution < 1.29 is 40.6 Å². The molecule has 0 unspecified atom stereocenters. The van der Waals surface area contributed by atoms with Crippen molar-refractivity contribution >= 4 is 11.7 Å². The molecule has 35 heavy (non-hydrogen) atoms. The van der Waals surface area contributed by atoms with Crippen molar-refractivity contribution in [2.75, 3.05) is 50.9 Å². The fourth-order valence-corrected chi connectivity index (χ4v) is 3.21. The molecule has 192 valence electrons. The number of piperazine rings is 1. The molecule has 2 aromatic heterocycles. The normalized spacial score (nSPS) is 14.8. The lowest BCUT2D eigenvalue weighted by atomic mass is 10.2. The number of amides is 1. The molecule has 0 aliphatic carbocycles. The number of rotatable bonds is 8. The molecule has 1 aliphatic rings. The Bertz CT molecular complexity index is 1050. The minimum absolute atomic E-state index is 0.00740. The molecule has 0 bridgehead atoms. The number of aromatic nitrogens is 4. The number of hydrogen-bond donors (Lipinski definition) is 1. The zero-order valence-corrected chi connectivity index (χ0v) is 18.0. The first kappa shape index (κ1) is 26.2. The lowest BCUT2D eigenvalue weighted by Crippen LogP contribution is -2.49. The average molecular weight is 510 g/mol. The van der Waals surface area contributed by atoms with Gasteiger partial charge < -0.3 is 19.3 Å². The van der Waals surface area contributed by atoms with Crippen LogP contribution in [0.2, 0.25) is 0 Å². The maximum absolute atomic E-state index is 12.9. The second-order valence-electron chi connectivity index (χ2n) is 7.27. The predicted molar refractivity (Wildman–Crippen MR) is 107 cm³/mol. The number of halogens is 6. The van der Waals surface area contributed by atoms with E-state index < -0.39 is 34.9 Å². The summed E-state index contributed by atoms with van der Waals surface area (Å²) < 4.78 is 86.7. The van der Waals surface area contributed by atoms with E-state index in [9.17, 15) is 35.9 Å². The van der Waals surface area contributed by atoms with Gasteiger partial charge in [0.15, 0.2) is 17.0 Å². The zero-order chi connectivity index (χ0) is 25.6. The smallest absolute Gasteiger partial charge is 0.434 e. The van der Waals surface area contributed by atoms with Crippen LogP contribution in [0, 0.1) is 0 Å². The molecule has 10 nitrogen and oxygen atoms in total. The van der Waals surface area contributed by atoms with Crippen molar-refractivity contribution in [3.05, 3.63) is 40.2 Å². The van der Waals surface area contributed by atoms with Gasteiger partial charge in [-0.05, 0) is 0 Å². The van der Waals surface area contributed by atoms with Crippen LogP contribution in [0.25, 0.3) is 0 Å². The van der Waals surface area contributed by atoms with Gasteiger partial charge in [-0.25, -0.2) is 15.1 Å². The molecule has 0 aromatic carbocycles. The highest BCUT2D eigenvalue weighted by Crippen LogP contribution is 2.32. The van der Waals surface area contributed by atoms with Crippen molar-refractivity contribution in [3.8, 4) is 5.75 Å². The number of aromatic amines is 1. The molecule has 1 amide bonds. The van der Waals surface area contributed by atoms with E-state index in [2.05, 4.69) is 15.1 Å². The second-order valence-corrected chi connectivity index (χ2v) is 7.27. The van der Waals surface area contributed by atoms with E-state index in [-0.39, 0.29) is 38.0 Å². The summed E-state index contributed by atoms with van der Waals surface area (Å²) in [6.45, 7) is 0.916. The van der Waals surface area contributed by atoms with E-state index in [1.165, 1.54) is 0 Å². The third kappa shape index (κ3) is 7.03. The molecule has 2 aromatic rings. The van der Waals surface area contributed by atoms with E-state index >= 15 is 0 Å². The van der Waals surface area contributed by atoms with Crippen molar-refractivity contribution in [3.63, 3.8) is 0 Å². The molecule has 0 atom stereocenters. The number of H-pyrrole nitrogens is 1. The lowest BCUT2D eigenvalue weighted by molar-refractivity contribution is -0.141. The first-order chi connectivity index (χ1) is 16.5. The summed E-state index contributed by atoms with van der Waals surface area (Å²) in [7, 11) is 0. The summed E-state index contributed by atoms with van der Waals surface area (Å²) in [6, 6.07) is 0. The first-order valence-electron chi connectivity index (χ1n) is 10.2. The van der Waals surface area contributed by atoms with Crippen LogP contribution in [-0.2, 0) is 21.9 Å². The molecular weight excluding hydrogens is 490 g/mol. The van der Waals surface area contributed by atoms with Crippen molar-refractivity contribution in [1.82, 2.24) is 25.1 Å². The van der Waals surface area contributed by atoms with Crippen LogP contribution in [0.15, 0.2) is 23.4 Å². The molecule has 0 spiro atoms. The highest BCUT2D eigenvalue weighted by Gasteiger charge is 2.38. The van der Waals surface area contributed by atoms with Crippen LogP contribution in [0.3, 0.4) is 0 Å². The molecular formula is C19H20F6N6O4. The highest BCUT2D eigenvalue weighted by molar-refractivity contribution is 5.76. The van der Waals surface area contributed by atoms with Crippen LogP contribution < -0.4 is 15.2 Å². The predicted octanol–water partition coefficient (Wildman–Crippen LogP) is 1.73. The summed E-state index contributed by atoms with van der Waals surface area (Å²) in [5.74, 6) is -0.670. The van der Waals surface area contributed by atoms with Gasteiger partial charge in [-0.15, -0.1) is 0 Å². The Labute approximate surface area is 193 Å². The molecule has 1 saturated heterocycles. The Kier molecular flexibility index (Phi) is 8.14. The van der Waals surface area contributed by atoms with Crippen LogP contribution in [-0.4, -0.2) is 77.0 Å². The Hall–Kier alpha value is -3.43. The molecule has 3 rings (SSSR count). The fraction of sp³-hybridized carbons (Fsp3) is 0.526. The number of ether oxygens (including phenoxy) is 2. The van der Waals surface area contributed by atoms with Gasteiger partial charge in [-0.1, -0.05) is 0 Å². The van der Waals surface area contributed by atoms with Gasteiger partial charge >= 0.3 is 12.4 Å². The monoisotopic (exact) mass is 510 g/mol. The Morgan fingerprint density at radius 2 is 1.66 bits per heavy atom. The van der Waals surface area contributed by atoms with Gasteiger partial charge in [0.05, 0.1) is 38.2 Å². The van der Waals surface area contributed by atoms with Crippen molar-refractivity contribution in [2.45, 2.75) is 18.8 Å². The summed E-state index contributed by atoms with van der Waals surface area (Å²) in [6.07, 6.45) is -7.04. The largest absolute Gasteiger partial charge is 0.489 e. The molecule has 1 aliphatic heterocycles. The highest BCUT2D eigenvalue weighted by atomic mass is 19.4. The first-order valence-corrected chi connectivity index (χ1v) is 10.2. The molecule has 16 heteroatoms. The number of nitrogens with zero attached hydrogens (tertiary/aromatic N) is 5. The summed E-state index contributed by atoms with van der Waals surface area (Å²) in [5, 5.41) is 4.97. The number of carbonyl (C=O) groups is 1. The molecule has 1 N–H and O–H groups in total. The average Bonchev–Trinajstić information content (AvgIpc) is 2.80. The Morgan fingerprint density at radius 3 is 2.26 bits per heavy atom. The summed E-state index contributed by atoms with van der Waals surface area (Å²) in [4.78, 5) is 34.1. The standard InChI is InChI=1S/C19H20F6N6O4/c20-18(21,22)13-10-27-14(11-26-13)30-2-4-31(5-3-30)15(32)1-6-34-7-8-35-12-9-28-29-17(33)16(12)19(23,24)25/h9-11H,1-8H2,(H,29,33). The van der Waals surface area contributed by atoms with Crippen LogP contribution >= 0.6 is 0 Å². The van der Waals surface area contributed by atoms with Gasteiger partial charge in [0, 0.05) is 26.2 Å². The van der Waals surface area contributed by atoms with E-state index in [0.717, 1.165) is 12.4 Å². The van der Waals surface area contributed by atoms with Crippen molar-refractivity contribution in [2.24, 2.45) is 0 Å². The van der Waals surface area contributed by atoms with Gasteiger partial charge in [-0.2, -0.15) is 31.4 Å². The lowest BCUT2D eigenvalue weighted by Gasteiger charge is -2.35. The quantitative estimate of drug-likeness (QED) is 0.422. The van der Waals surface area contributed by atoms with E-state index in [1.807, 2.05) is 0 Å². The maximum Gasteiger partial charge on any atom is 0.434 e. The number of nitrogens with one attached hydrogen (secondary N) is 1. The third-order valence-electron chi connectivity index (χ3n) is 4.94. The Morgan fingerprint density at radius 1 is 0.943 bits per heavy atom. The topological polar surface area (TPSA) is 114 Å². The number of carbonyl (C=O) groups excluding carboxylic acids is 1. The molecule has 3 heterocycles. The molecule has 0 radical (unpaired) electrons.